The lowest BCUT2D eigenvalue weighted by Crippen LogP contribution is -2.18. The highest BCUT2D eigenvalue weighted by atomic mass is 32.1. The Balaban J connectivity index is 1.56. The fourth-order valence-electron chi connectivity index (χ4n) is 3.33. The molecule has 0 saturated heterocycles. The Hall–Kier alpha value is -2.47. The van der Waals surface area contributed by atoms with Crippen molar-refractivity contribution >= 4 is 27.8 Å². The van der Waals surface area contributed by atoms with Crippen molar-refractivity contribution in [2.45, 2.75) is 45.4 Å². The lowest BCUT2D eigenvalue weighted by Gasteiger charge is -2.09. The van der Waals surface area contributed by atoms with Crippen LogP contribution in [0.15, 0.2) is 40.5 Å². The van der Waals surface area contributed by atoms with Crippen molar-refractivity contribution in [3.05, 3.63) is 57.0 Å². The van der Waals surface area contributed by atoms with Crippen LogP contribution >= 0.6 is 11.3 Å². The highest BCUT2D eigenvalue weighted by molar-refractivity contribution is 7.18. The lowest BCUT2D eigenvalue weighted by atomic mass is 9.97. The number of fused-ring (bicyclic) bond motifs is 3. The standard InChI is InChI=1S/C21H23N3O2S/c1-2-3-12-26-16-10-8-15(9-11-16)13-23-24-14-22-20-19(21(24)25)17-6-4-5-7-18(17)27-20/h8-11,13-14H,2-7,12H2,1H3/b23-13+. The fourth-order valence-corrected chi connectivity index (χ4v) is 4.55. The third-order valence-corrected chi connectivity index (χ3v) is 6.04. The summed E-state index contributed by atoms with van der Waals surface area (Å²) in [5.41, 5.74) is 2.03. The Morgan fingerprint density at radius 3 is 2.89 bits per heavy atom. The molecule has 0 radical (unpaired) electrons. The number of hydrogen-bond acceptors (Lipinski definition) is 5. The maximum Gasteiger partial charge on any atom is 0.282 e. The van der Waals surface area contributed by atoms with Crippen LogP contribution in [0.2, 0.25) is 0 Å². The SMILES string of the molecule is CCCCOc1ccc(/C=N/n2cnc3sc4c(c3c2=O)CCCC4)cc1. The number of nitrogens with zero attached hydrogens (tertiary/aromatic N) is 3. The van der Waals surface area contributed by atoms with E-state index in [1.54, 1.807) is 17.6 Å². The Bertz CT molecular complexity index is 1020. The van der Waals surface area contributed by atoms with Crippen LogP contribution in [0.3, 0.4) is 0 Å². The van der Waals surface area contributed by atoms with Gasteiger partial charge < -0.3 is 4.74 Å². The third-order valence-electron chi connectivity index (χ3n) is 4.84. The highest BCUT2D eigenvalue weighted by Crippen LogP contribution is 2.33. The van der Waals surface area contributed by atoms with E-state index in [-0.39, 0.29) is 5.56 Å². The van der Waals surface area contributed by atoms with Gasteiger partial charge in [0.1, 0.15) is 16.9 Å². The number of hydrogen-bond donors (Lipinski definition) is 0. The van der Waals surface area contributed by atoms with Crippen LogP contribution in [-0.2, 0) is 12.8 Å². The number of aromatic nitrogens is 2. The number of unbranched alkanes of at least 4 members (excludes halogenated alkanes) is 1. The Labute approximate surface area is 162 Å². The van der Waals surface area contributed by atoms with Gasteiger partial charge in [0.05, 0.1) is 18.2 Å². The van der Waals surface area contributed by atoms with E-state index in [1.165, 1.54) is 27.9 Å². The summed E-state index contributed by atoms with van der Waals surface area (Å²) in [4.78, 5) is 19.5. The third kappa shape index (κ3) is 3.81. The molecule has 1 aliphatic rings. The van der Waals surface area contributed by atoms with Crippen LogP contribution < -0.4 is 10.3 Å². The molecular weight excluding hydrogens is 358 g/mol. The van der Waals surface area contributed by atoms with Crippen LogP contribution in [0, 0.1) is 0 Å². The van der Waals surface area contributed by atoms with E-state index in [2.05, 4.69) is 17.0 Å². The van der Waals surface area contributed by atoms with Gasteiger partial charge in [-0.25, -0.2) is 4.98 Å². The van der Waals surface area contributed by atoms with E-state index in [4.69, 9.17) is 4.74 Å². The minimum atomic E-state index is -0.0739. The van der Waals surface area contributed by atoms with Crippen molar-refractivity contribution in [3.63, 3.8) is 0 Å². The molecule has 4 rings (SSSR count). The van der Waals surface area contributed by atoms with Gasteiger partial charge in [-0.2, -0.15) is 9.78 Å². The molecule has 0 amide bonds. The molecule has 3 aromatic rings. The van der Waals surface area contributed by atoms with Crippen LogP contribution in [0.25, 0.3) is 10.2 Å². The summed E-state index contributed by atoms with van der Waals surface area (Å²) in [5, 5.41) is 5.10. The van der Waals surface area contributed by atoms with Gasteiger partial charge in [-0.05, 0) is 67.5 Å². The van der Waals surface area contributed by atoms with E-state index in [0.717, 1.165) is 60.2 Å². The Morgan fingerprint density at radius 1 is 1.26 bits per heavy atom. The second-order valence-electron chi connectivity index (χ2n) is 6.80. The van der Waals surface area contributed by atoms with E-state index < -0.39 is 0 Å². The van der Waals surface area contributed by atoms with Gasteiger partial charge in [-0.3, -0.25) is 4.79 Å². The molecule has 0 bridgehead atoms. The monoisotopic (exact) mass is 381 g/mol. The molecule has 2 aromatic heterocycles. The molecule has 1 aliphatic carbocycles. The summed E-state index contributed by atoms with van der Waals surface area (Å²) >= 11 is 1.66. The zero-order chi connectivity index (χ0) is 18.6. The van der Waals surface area contributed by atoms with Gasteiger partial charge in [0.2, 0.25) is 0 Å². The maximum absolute atomic E-state index is 12.9. The van der Waals surface area contributed by atoms with Crippen molar-refractivity contribution in [1.82, 2.24) is 9.66 Å². The van der Waals surface area contributed by atoms with Crippen LogP contribution in [-0.4, -0.2) is 22.5 Å². The number of aryl methyl sites for hydroxylation is 2. The second-order valence-corrected chi connectivity index (χ2v) is 7.88. The minimum absolute atomic E-state index is 0.0739. The molecule has 2 heterocycles. The topological polar surface area (TPSA) is 56.5 Å². The van der Waals surface area contributed by atoms with Crippen molar-refractivity contribution in [2.24, 2.45) is 5.10 Å². The summed E-state index contributed by atoms with van der Waals surface area (Å²) in [7, 11) is 0. The van der Waals surface area contributed by atoms with E-state index in [1.807, 2.05) is 24.3 Å². The molecule has 0 unspecified atom stereocenters. The first-order valence-electron chi connectivity index (χ1n) is 9.55. The van der Waals surface area contributed by atoms with Gasteiger partial charge in [0.15, 0.2) is 0 Å². The van der Waals surface area contributed by atoms with Crippen molar-refractivity contribution in [1.29, 1.82) is 0 Å². The largest absolute Gasteiger partial charge is 0.494 e. The first kappa shape index (κ1) is 17.9. The van der Waals surface area contributed by atoms with E-state index in [9.17, 15) is 4.79 Å². The molecule has 140 valence electrons. The quantitative estimate of drug-likeness (QED) is 0.470. The normalized spacial score (nSPS) is 14.0. The molecule has 0 spiro atoms. The first-order valence-corrected chi connectivity index (χ1v) is 10.4. The molecule has 0 saturated carbocycles. The van der Waals surface area contributed by atoms with Gasteiger partial charge in [-0.1, -0.05) is 13.3 Å². The zero-order valence-electron chi connectivity index (χ0n) is 15.5. The molecule has 0 atom stereocenters. The molecule has 0 N–H and O–H groups in total. The lowest BCUT2D eigenvalue weighted by molar-refractivity contribution is 0.309. The number of rotatable bonds is 6. The molecule has 6 heteroatoms. The first-order chi connectivity index (χ1) is 13.3. The van der Waals surface area contributed by atoms with Crippen molar-refractivity contribution < 1.29 is 4.74 Å². The van der Waals surface area contributed by atoms with Crippen molar-refractivity contribution in [2.75, 3.05) is 6.61 Å². The number of benzene rings is 1. The number of thiophene rings is 1. The summed E-state index contributed by atoms with van der Waals surface area (Å²) in [6.45, 7) is 2.87. The summed E-state index contributed by atoms with van der Waals surface area (Å²) in [6, 6.07) is 7.73. The molecule has 5 nitrogen and oxygen atoms in total. The zero-order valence-corrected chi connectivity index (χ0v) is 16.3. The van der Waals surface area contributed by atoms with Gasteiger partial charge in [0, 0.05) is 4.88 Å². The number of ether oxygens (including phenoxy) is 1. The molecule has 0 fully saturated rings. The van der Waals surface area contributed by atoms with E-state index >= 15 is 0 Å². The Morgan fingerprint density at radius 2 is 2.07 bits per heavy atom. The fraction of sp³-hybridized carbons (Fsp3) is 0.381. The smallest absolute Gasteiger partial charge is 0.282 e. The molecule has 27 heavy (non-hydrogen) atoms. The van der Waals surface area contributed by atoms with Gasteiger partial charge >= 0.3 is 0 Å². The highest BCUT2D eigenvalue weighted by Gasteiger charge is 2.19. The van der Waals surface area contributed by atoms with Crippen LogP contribution in [0.4, 0.5) is 0 Å². The summed E-state index contributed by atoms with van der Waals surface area (Å²) in [5.74, 6) is 0.853. The molecule has 0 aliphatic heterocycles. The molecular formula is C21H23N3O2S. The summed E-state index contributed by atoms with van der Waals surface area (Å²) in [6.07, 6.45) is 9.74. The van der Waals surface area contributed by atoms with Gasteiger partial charge in [0.25, 0.3) is 5.56 Å². The van der Waals surface area contributed by atoms with E-state index in [0.29, 0.717) is 0 Å². The van der Waals surface area contributed by atoms with Crippen molar-refractivity contribution in [3.8, 4) is 5.75 Å². The van der Waals surface area contributed by atoms with Crippen LogP contribution in [0.5, 0.6) is 5.75 Å². The Kier molecular flexibility index (Phi) is 5.34. The average molecular weight is 382 g/mol. The predicted octanol–water partition coefficient (Wildman–Crippen LogP) is 4.40. The molecule has 1 aromatic carbocycles. The summed E-state index contributed by atoms with van der Waals surface area (Å²) < 4.78 is 7.01. The van der Waals surface area contributed by atoms with Crippen LogP contribution in [0.1, 0.15) is 48.6 Å². The van der Waals surface area contributed by atoms with Gasteiger partial charge in [-0.15, -0.1) is 11.3 Å². The maximum atomic E-state index is 12.9. The second kappa shape index (κ2) is 8.05. The minimum Gasteiger partial charge on any atom is -0.494 e. The average Bonchev–Trinajstić information content (AvgIpc) is 3.08. The predicted molar refractivity (Wildman–Crippen MR) is 110 cm³/mol.